The van der Waals surface area contributed by atoms with E-state index in [-0.39, 0.29) is 0 Å². The molecular weight excluding hydrogens is 238 g/mol. The zero-order valence-corrected chi connectivity index (χ0v) is 12.4. The molecule has 1 saturated heterocycles. The van der Waals surface area contributed by atoms with E-state index in [1.807, 2.05) is 16.2 Å². The molecule has 1 N–H and O–H groups in total. The van der Waals surface area contributed by atoms with Gasteiger partial charge < -0.3 is 4.90 Å². The molecule has 2 atom stereocenters. The Morgan fingerprint density at radius 1 is 1.17 bits per heavy atom. The van der Waals surface area contributed by atoms with Crippen molar-refractivity contribution in [3.05, 3.63) is 22.4 Å². The Bertz CT molecular complexity index is 366. The molecule has 1 aromatic rings. The van der Waals surface area contributed by atoms with Gasteiger partial charge in [-0.2, -0.15) is 0 Å². The van der Waals surface area contributed by atoms with Gasteiger partial charge in [-0.25, -0.2) is 0 Å². The lowest BCUT2D eigenvalue weighted by atomic mass is 9.71. The van der Waals surface area contributed by atoms with Gasteiger partial charge in [0.05, 0.1) is 18.0 Å². The fraction of sp³-hybridized carbons (Fsp3) is 0.750. The number of hydrogen-bond acceptors (Lipinski definition) is 1. The summed E-state index contributed by atoms with van der Waals surface area (Å²) < 4.78 is 0. The molecule has 1 nitrogen and oxygen atoms in total. The molecule has 0 radical (unpaired) electrons. The molecule has 1 aliphatic heterocycles. The molecule has 0 amide bonds. The summed E-state index contributed by atoms with van der Waals surface area (Å²) in [6, 6.07) is 4.67. The topological polar surface area (TPSA) is 4.44 Å². The Kier molecular flexibility index (Phi) is 3.76. The largest absolute Gasteiger partial charge is 0.325 e. The van der Waals surface area contributed by atoms with Gasteiger partial charge in [0.2, 0.25) is 0 Å². The summed E-state index contributed by atoms with van der Waals surface area (Å²) in [7, 11) is 0. The number of nitrogens with one attached hydrogen (secondary N) is 1. The van der Waals surface area contributed by atoms with Gasteiger partial charge >= 0.3 is 0 Å². The van der Waals surface area contributed by atoms with Crippen molar-refractivity contribution in [1.29, 1.82) is 0 Å². The van der Waals surface area contributed by atoms with E-state index < -0.39 is 0 Å². The maximum absolute atomic E-state index is 2.51. The lowest BCUT2D eigenvalue weighted by Crippen LogP contribution is -3.20. The summed E-state index contributed by atoms with van der Waals surface area (Å²) in [5, 5.41) is 2.28. The highest BCUT2D eigenvalue weighted by Crippen LogP contribution is 2.41. The third kappa shape index (κ3) is 2.04. The second-order valence-corrected chi connectivity index (χ2v) is 7.21. The molecule has 0 spiro atoms. The number of quaternary nitrogens is 1. The van der Waals surface area contributed by atoms with Gasteiger partial charge in [0.15, 0.2) is 0 Å². The van der Waals surface area contributed by atoms with Crippen molar-refractivity contribution >= 4 is 11.3 Å². The Labute approximate surface area is 115 Å². The summed E-state index contributed by atoms with van der Waals surface area (Å²) in [6.45, 7) is 5.32. The molecule has 1 aromatic heterocycles. The normalized spacial score (nSPS) is 34.6. The predicted molar refractivity (Wildman–Crippen MR) is 78.2 cm³/mol. The lowest BCUT2D eigenvalue weighted by Gasteiger charge is -2.48. The lowest BCUT2D eigenvalue weighted by molar-refractivity contribution is -0.971. The number of rotatable bonds is 2. The van der Waals surface area contributed by atoms with Crippen LogP contribution in [0.2, 0.25) is 0 Å². The highest BCUT2D eigenvalue weighted by molar-refractivity contribution is 7.10. The first-order chi connectivity index (χ1) is 8.84. The van der Waals surface area contributed by atoms with E-state index in [1.54, 1.807) is 4.88 Å². The number of likely N-dealkylation sites (tertiary alicyclic amines) is 1. The Morgan fingerprint density at radius 2 is 2.00 bits per heavy atom. The van der Waals surface area contributed by atoms with Gasteiger partial charge in [-0.1, -0.05) is 19.4 Å². The van der Waals surface area contributed by atoms with Crippen molar-refractivity contribution in [2.45, 2.75) is 57.4 Å². The van der Waals surface area contributed by atoms with Crippen LogP contribution in [-0.4, -0.2) is 13.1 Å². The van der Waals surface area contributed by atoms with Crippen LogP contribution in [0.15, 0.2) is 17.5 Å². The summed E-state index contributed by atoms with van der Waals surface area (Å²) in [5.41, 5.74) is 0.465. The average Bonchev–Trinajstić information content (AvgIpc) is 2.95. The second-order valence-electron chi connectivity index (χ2n) is 6.26. The molecule has 1 aliphatic carbocycles. The molecule has 3 rings (SSSR count). The van der Waals surface area contributed by atoms with E-state index in [1.165, 1.54) is 58.0 Å². The van der Waals surface area contributed by atoms with Crippen LogP contribution in [0.4, 0.5) is 0 Å². The van der Waals surface area contributed by atoms with Crippen molar-refractivity contribution in [2.75, 3.05) is 13.1 Å². The molecule has 0 bridgehead atoms. The van der Waals surface area contributed by atoms with Crippen molar-refractivity contribution in [1.82, 2.24) is 0 Å². The Morgan fingerprint density at radius 3 is 2.67 bits per heavy atom. The molecule has 2 aliphatic rings. The van der Waals surface area contributed by atoms with Gasteiger partial charge in [-0.05, 0) is 43.6 Å². The quantitative estimate of drug-likeness (QED) is 0.836. The first kappa shape index (κ1) is 12.7. The molecule has 2 heterocycles. The van der Waals surface area contributed by atoms with Crippen LogP contribution in [0, 0.1) is 5.92 Å². The molecular formula is C16H26NS+. The second kappa shape index (κ2) is 5.34. The van der Waals surface area contributed by atoms with Crippen LogP contribution in [0.3, 0.4) is 0 Å². The number of hydrogen-bond donors (Lipinski definition) is 1. The van der Waals surface area contributed by atoms with E-state index in [9.17, 15) is 0 Å². The molecule has 100 valence electrons. The van der Waals surface area contributed by atoms with E-state index in [0.717, 1.165) is 5.92 Å². The van der Waals surface area contributed by atoms with Crippen molar-refractivity contribution < 1.29 is 4.90 Å². The first-order valence-corrected chi connectivity index (χ1v) is 8.61. The third-order valence-electron chi connectivity index (χ3n) is 5.35. The highest BCUT2D eigenvalue weighted by Gasteiger charge is 2.49. The van der Waals surface area contributed by atoms with Gasteiger partial charge in [0.25, 0.3) is 0 Å². The van der Waals surface area contributed by atoms with Crippen molar-refractivity contribution in [3.8, 4) is 0 Å². The minimum absolute atomic E-state index is 0.465. The Balaban J connectivity index is 1.96. The monoisotopic (exact) mass is 264 g/mol. The van der Waals surface area contributed by atoms with E-state index >= 15 is 0 Å². The van der Waals surface area contributed by atoms with Crippen LogP contribution >= 0.6 is 11.3 Å². The number of thiophene rings is 1. The van der Waals surface area contributed by atoms with Crippen LogP contribution in [0.25, 0.3) is 0 Å². The molecule has 1 saturated carbocycles. The van der Waals surface area contributed by atoms with Gasteiger partial charge in [-0.3, -0.25) is 0 Å². The zero-order chi connectivity index (χ0) is 12.4. The van der Waals surface area contributed by atoms with E-state index in [0.29, 0.717) is 5.54 Å². The fourth-order valence-electron chi connectivity index (χ4n) is 4.37. The SMILES string of the molecule is CC1CCCCC1(c1cccs1)[NH+]1CCCCC1. The van der Waals surface area contributed by atoms with E-state index in [2.05, 4.69) is 24.4 Å². The van der Waals surface area contributed by atoms with Crippen LogP contribution in [-0.2, 0) is 5.54 Å². The smallest absolute Gasteiger partial charge is 0.135 e. The fourth-order valence-corrected chi connectivity index (χ4v) is 5.49. The maximum Gasteiger partial charge on any atom is 0.135 e. The standard InChI is InChI=1S/C16H25NS/c1-14-8-3-4-10-16(14,15-9-7-13-18-15)17-11-5-2-6-12-17/h7,9,13-14H,2-6,8,10-12H2,1H3/p+1. The summed E-state index contributed by atoms with van der Waals surface area (Å²) in [6.07, 6.45) is 10.1. The molecule has 2 unspecified atom stereocenters. The summed E-state index contributed by atoms with van der Waals surface area (Å²) in [5.74, 6) is 0.859. The predicted octanol–water partition coefficient (Wildman–Crippen LogP) is 3.22. The van der Waals surface area contributed by atoms with Crippen molar-refractivity contribution in [2.24, 2.45) is 5.92 Å². The molecule has 0 aromatic carbocycles. The summed E-state index contributed by atoms with van der Waals surface area (Å²) >= 11 is 2.00. The number of piperidine rings is 1. The Hall–Kier alpha value is -0.340. The highest BCUT2D eigenvalue weighted by atomic mass is 32.1. The third-order valence-corrected chi connectivity index (χ3v) is 6.40. The summed E-state index contributed by atoms with van der Waals surface area (Å²) in [4.78, 5) is 3.58. The van der Waals surface area contributed by atoms with Gasteiger partial charge in [-0.15, -0.1) is 11.3 Å². The maximum atomic E-state index is 2.51. The first-order valence-electron chi connectivity index (χ1n) is 7.73. The molecule has 2 fully saturated rings. The van der Waals surface area contributed by atoms with E-state index in [4.69, 9.17) is 0 Å². The van der Waals surface area contributed by atoms with Crippen molar-refractivity contribution in [3.63, 3.8) is 0 Å². The molecule has 18 heavy (non-hydrogen) atoms. The molecule has 2 heteroatoms. The minimum Gasteiger partial charge on any atom is -0.325 e. The van der Waals surface area contributed by atoms with Crippen LogP contribution in [0.1, 0.15) is 56.7 Å². The van der Waals surface area contributed by atoms with Gasteiger partial charge in [0, 0.05) is 12.3 Å². The minimum atomic E-state index is 0.465. The average molecular weight is 264 g/mol. The zero-order valence-electron chi connectivity index (χ0n) is 11.6. The van der Waals surface area contributed by atoms with Crippen LogP contribution in [0.5, 0.6) is 0 Å². The van der Waals surface area contributed by atoms with Gasteiger partial charge in [0.1, 0.15) is 5.54 Å². The van der Waals surface area contributed by atoms with Crippen LogP contribution < -0.4 is 4.90 Å².